The predicted molar refractivity (Wildman–Crippen MR) is 212 cm³/mol. The van der Waals surface area contributed by atoms with E-state index in [1.165, 1.54) is 28.1 Å². The van der Waals surface area contributed by atoms with Crippen molar-refractivity contribution in [1.82, 2.24) is 19.8 Å². The second-order valence-corrected chi connectivity index (χ2v) is 15.9. The van der Waals surface area contributed by atoms with Crippen molar-refractivity contribution in [2.24, 2.45) is 5.41 Å². The molecule has 314 valence electrons. The van der Waals surface area contributed by atoms with Gasteiger partial charge < -0.3 is 39.6 Å². The van der Waals surface area contributed by atoms with Gasteiger partial charge in [-0.25, -0.2) is 14.6 Å². The highest BCUT2D eigenvalue weighted by Crippen LogP contribution is 2.38. The fourth-order valence-electron chi connectivity index (χ4n) is 6.95. The van der Waals surface area contributed by atoms with Gasteiger partial charge in [-0.05, 0) is 86.9 Å². The number of H-pyrrole nitrogens is 1. The van der Waals surface area contributed by atoms with Crippen LogP contribution >= 0.6 is 11.6 Å². The number of alkyl halides is 3. The molecule has 0 aliphatic carbocycles. The number of piperidine rings is 1. The normalized spacial score (nSPS) is 15.8. The minimum Gasteiger partial charge on any atom is -0.436 e. The van der Waals surface area contributed by atoms with E-state index in [1.54, 1.807) is 26.8 Å². The minimum atomic E-state index is -4.83. The van der Waals surface area contributed by atoms with Gasteiger partial charge in [-0.2, -0.15) is 13.2 Å². The highest BCUT2D eigenvalue weighted by atomic mass is 35.5. The molecule has 2 aliphatic heterocycles. The first-order valence-corrected chi connectivity index (χ1v) is 19.3. The standard InChI is InChI=1S/C41H44ClF3N6O8/c1-40(2,3)38(55)58-23-57-37(54)27-8-9-33(47-22-27)49-14-16-50(17-15-49)36(53)32(20-24-18-29(41(43,44)45)34(46)30(42)19-24)59-39(56)51-12-10-25(11-13-51)28-21-26-6-4-5-7-31(26)48-35(28)52/h4-9,18-19,21-22,25,32H,10-17,20,23,46H2,1-3H3,(H,48,52)/t32-/m1/s1. The number of ether oxygens (including phenoxy) is 3. The number of piperazine rings is 1. The molecular weight excluding hydrogens is 797 g/mol. The molecule has 0 unspecified atom stereocenters. The summed E-state index contributed by atoms with van der Waals surface area (Å²) in [5.74, 6) is -1.52. The van der Waals surface area contributed by atoms with Crippen LogP contribution in [-0.2, 0) is 36.4 Å². The van der Waals surface area contributed by atoms with Crippen molar-refractivity contribution >= 4 is 57.9 Å². The van der Waals surface area contributed by atoms with Crippen molar-refractivity contribution in [2.75, 3.05) is 56.7 Å². The first kappa shape index (κ1) is 42.8. The van der Waals surface area contributed by atoms with Gasteiger partial charge in [-0.1, -0.05) is 29.8 Å². The van der Waals surface area contributed by atoms with Crippen molar-refractivity contribution in [3.8, 4) is 0 Å². The topological polar surface area (TPSA) is 177 Å². The molecule has 2 amide bonds. The molecule has 59 heavy (non-hydrogen) atoms. The molecule has 2 aromatic heterocycles. The number of nitrogens with two attached hydrogens (primary N) is 1. The number of carbonyl (C=O) groups excluding carboxylic acids is 4. The third-order valence-corrected chi connectivity index (χ3v) is 10.6. The summed E-state index contributed by atoms with van der Waals surface area (Å²) in [6, 6.07) is 14.4. The smallest absolute Gasteiger partial charge is 0.418 e. The van der Waals surface area contributed by atoms with E-state index in [1.807, 2.05) is 35.2 Å². The van der Waals surface area contributed by atoms with E-state index in [0.29, 0.717) is 42.8 Å². The van der Waals surface area contributed by atoms with Gasteiger partial charge in [0.2, 0.25) is 6.79 Å². The van der Waals surface area contributed by atoms with Crippen LogP contribution in [0.4, 0.5) is 29.5 Å². The summed E-state index contributed by atoms with van der Waals surface area (Å²) in [5.41, 5.74) is 4.29. The number of rotatable bonds is 9. The van der Waals surface area contributed by atoms with Crippen LogP contribution in [0.2, 0.25) is 5.02 Å². The number of aromatic nitrogens is 2. The lowest BCUT2D eigenvalue weighted by Gasteiger charge is -2.37. The molecule has 6 rings (SSSR count). The van der Waals surface area contributed by atoms with E-state index < -0.39 is 66.1 Å². The molecule has 2 aliphatic rings. The van der Waals surface area contributed by atoms with Crippen LogP contribution in [0.25, 0.3) is 10.9 Å². The van der Waals surface area contributed by atoms with Crippen LogP contribution in [0.1, 0.15) is 66.6 Å². The van der Waals surface area contributed by atoms with Crippen molar-refractivity contribution < 1.29 is 46.6 Å². The number of esters is 2. The number of carbonyl (C=O) groups is 4. The van der Waals surface area contributed by atoms with Gasteiger partial charge in [-0.15, -0.1) is 0 Å². The molecule has 0 radical (unpaired) electrons. The summed E-state index contributed by atoms with van der Waals surface area (Å²) in [4.78, 5) is 77.0. The molecule has 1 atom stereocenters. The number of amides is 2. The second-order valence-electron chi connectivity index (χ2n) is 15.5. The molecular formula is C41H44ClF3N6O8. The zero-order chi connectivity index (χ0) is 42.6. The summed E-state index contributed by atoms with van der Waals surface area (Å²) in [6.07, 6.45) is -5.37. The Hall–Kier alpha value is -5.84. The second kappa shape index (κ2) is 17.6. The molecule has 2 saturated heterocycles. The molecule has 14 nitrogen and oxygen atoms in total. The number of nitrogen functional groups attached to an aromatic ring is 1. The predicted octanol–water partition coefficient (Wildman–Crippen LogP) is 6.16. The summed E-state index contributed by atoms with van der Waals surface area (Å²) < 4.78 is 57.4. The Labute approximate surface area is 342 Å². The van der Waals surface area contributed by atoms with E-state index in [9.17, 15) is 37.1 Å². The summed E-state index contributed by atoms with van der Waals surface area (Å²) in [5, 5.41) is 0.523. The van der Waals surface area contributed by atoms with E-state index in [-0.39, 0.29) is 53.8 Å². The molecule has 0 bridgehead atoms. The van der Waals surface area contributed by atoms with Crippen LogP contribution in [-0.4, -0.2) is 95.9 Å². The molecule has 0 spiro atoms. The van der Waals surface area contributed by atoms with Gasteiger partial charge in [0.05, 0.1) is 27.3 Å². The Bertz CT molecular complexity index is 2260. The number of halogens is 4. The lowest BCUT2D eigenvalue weighted by atomic mass is 9.89. The third kappa shape index (κ3) is 10.2. The van der Waals surface area contributed by atoms with Gasteiger partial charge in [-0.3, -0.25) is 14.4 Å². The fraction of sp³-hybridized carbons (Fsp3) is 0.415. The monoisotopic (exact) mass is 840 g/mol. The fourth-order valence-corrected chi connectivity index (χ4v) is 7.19. The third-order valence-electron chi connectivity index (χ3n) is 10.3. The zero-order valence-corrected chi connectivity index (χ0v) is 33.4. The van der Waals surface area contributed by atoms with Gasteiger partial charge >= 0.3 is 24.2 Å². The maximum atomic E-state index is 14.1. The first-order valence-electron chi connectivity index (χ1n) is 19.0. The Morgan fingerprint density at radius 1 is 0.932 bits per heavy atom. The number of fused-ring (bicyclic) bond motifs is 1. The minimum absolute atomic E-state index is 0.00858. The van der Waals surface area contributed by atoms with Crippen molar-refractivity contribution in [1.29, 1.82) is 0 Å². The van der Waals surface area contributed by atoms with Crippen LogP contribution in [0.5, 0.6) is 0 Å². The molecule has 3 N–H and O–H groups in total. The van der Waals surface area contributed by atoms with Gasteiger partial charge in [0, 0.05) is 63.0 Å². The average molecular weight is 841 g/mol. The number of hydrogen-bond acceptors (Lipinski definition) is 11. The maximum absolute atomic E-state index is 14.1. The Morgan fingerprint density at radius 2 is 1.63 bits per heavy atom. The van der Waals surface area contributed by atoms with E-state index in [2.05, 4.69) is 9.97 Å². The number of benzene rings is 2. The maximum Gasteiger partial charge on any atom is 0.418 e. The highest BCUT2D eigenvalue weighted by Gasteiger charge is 2.37. The van der Waals surface area contributed by atoms with Crippen LogP contribution < -0.4 is 16.2 Å². The van der Waals surface area contributed by atoms with Crippen LogP contribution in [0.15, 0.2) is 65.6 Å². The lowest BCUT2D eigenvalue weighted by Crippen LogP contribution is -2.53. The van der Waals surface area contributed by atoms with Crippen molar-refractivity contribution in [3.05, 3.63) is 98.4 Å². The van der Waals surface area contributed by atoms with Gasteiger partial charge in [0.25, 0.3) is 11.5 Å². The Kier molecular flexibility index (Phi) is 12.7. The summed E-state index contributed by atoms with van der Waals surface area (Å²) in [7, 11) is 0. The van der Waals surface area contributed by atoms with Crippen molar-refractivity contribution in [2.45, 2.75) is 58.2 Å². The largest absolute Gasteiger partial charge is 0.436 e. The number of hydrogen-bond donors (Lipinski definition) is 2. The average Bonchev–Trinajstić information content (AvgIpc) is 3.20. The number of nitrogens with one attached hydrogen (secondary N) is 1. The van der Waals surface area contributed by atoms with Gasteiger partial charge in [0.15, 0.2) is 6.10 Å². The number of para-hydroxylation sites is 1. The number of nitrogens with zero attached hydrogens (tertiary/aromatic N) is 4. The summed E-state index contributed by atoms with van der Waals surface area (Å²) >= 11 is 6.11. The Balaban J connectivity index is 1.11. The number of likely N-dealkylation sites (tertiary alicyclic amines) is 1. The SMILES string of the molecule is CC(C)(C)C(=O)OCOC(=O)c1ccc(N2CCN(C(=O)[C@@H](Cc3cc(Cl)c(N)c(C(F)(F)F)c3)OC(=O)N3CCC(c4cc5ccccc5[nH]c4=O)CC3)CC2)nc1. The van der Waals surface area contributed by atoms with Gasteiger partial charge in [0.1, 0.15) is 5.82 Å². The zero-order valence-electron chi connectivity index (χ0n) is 32.6. The van der Waals surface area contributed by atoms with E-state index in [0.717, 1.165) is 11.5 Å². The molecule has 4 aromatic rings. The summed E-state index contributed by atoms with van der Waals surface area (Å²) in [6.45, 7) is 5.77. The van der Waals surface area contributed by atoms with Crippen LogP contribution in [0.3, 0.4) is 0 Å². The Morgan fingerprint density at radius 3 is 2.27 bits per heavy atom. The van der Waals surface area contributed by atoms with E-state index in [4.69, 9.17) is 31.5 Å². The molecule has 2 aromatic carbocycles. The first-order chi connectivity index (χ1) is 27.9. The number of aromatic amines is 1. The van der Waals surface area contributed by atoms with Crippen LogP contribution in [0, 0.1) is 5.41 Å². The van der Waals surface area contributed by atoms with Crippen molar-refractivity contribution in [3.63, 3.8) is 0 Å². The molecule has 0 saturated carbocycles. The molecule has 18 heteroatoms. The quantitative estimate of drug-likeness (QED) is 0.112. The molecule has 4 heterocycles. The highest BCUT2D eigenvalue weighted by molar-refractivity contribution is 6.33. The lowest BCUT2D eigenvalue weighted by molar-refractivity contribution is -0.161. The number of pyridine rings is 2. The van der Waals surface area contributed by atoms with E-state index >= 15 is 0 Å². The molecule has 2 fully saturated rings. The number of anilines is 2.